The van der Waals surface area contributed by atoms with Crippen molar-refractivity contribution in [3.8, 4) is 5.75 Å². The van der Waals surface area contributed by atoms with Crippen molar-refractivity contribution < 1.29 is 4.74 Å². The molecular formula is C18H28N2O. The first-order valence-corrected chi connectivity index (χ1v) is 8.53. The van der Waals surface area contributed by atoms with Crippen LogP contribution in [0.2, 0.25) is 0 Å². The van der Waals surface area contributed by atoms with E-state index in [2.05, 4.69) is 42.3 Å². The Labute approximate surface area is 128 Å². The van der Waals surface area contributed by atoms with E-state index in [1.54, 1.807) is 0 Å². The van der Waals surface area contributed by atoms with Crippen LogP contribution in [-0.2, 0) is 6.54 Å². The molecule has 2 aliphatic rings. The molecule has 0 radical (unpaired) electrons. The van der Waals surface area contributed by atoms with Gasteiger partial charge in [-0.3, -0.25) is 0 Å². The number of ether oxygens (including phenoxy) is 1. The molecule has 1 aromatic rings. The monoisotopic (exact) mass is 288 g/mol. The summed E-state index contributed by atoms with van der Waals surface area (Å²) in [6.07, 6.45) is 6.60. The maximum absolute atomic E-state index is 5.93. The van der Waals surface area contributed by atoms with Gasteiger partial charge in [0.2, 0.25) is 0 Å². The maximum Gasteiger partial charge on any atom is 0.142 e. The van der Waals surface area contributed by atoms with Gasteiger partial charge in [0.25, 0.3) is 0 Å². The van der Waals surface area contributed by atoms with Gasteiger partial charge in [-0.05, 0) is 63.6 Å². The second-order valence-corrected chi connectivity index (χ2v) is 6.43. The highest BCUT2D eigenvalue weighted by molar-refractivity contribution is 5.60. The summed E-state index contributed by atoms with van der Waals surface area (Å²) in [6.45, 7) is 7.24. The van der Waals surface area contributed by atoms with Crippen LogP contribution in [0.15, 0.2) is 18.2 Å². The molecule has 0 amide bonds. The number of piperidine rings is 1. The van der Waals surface area contributed by atoms with Crippen LogP contribution in [0.5, 0.6) is 5.75 Å². The van der Waals surface area contributed by atoms with E-state index in [-0.39, 0.29) is 0 Å². The molecule has 21 heavy (non-hydrogen) atoms. The molecule has 1 heterocycles. The Morgan fingerprint density at radius 1 is 1.24 bits per heavy atom. The van der Waals surface area contributed by atoms with Gasteiger partial charge in [0, 0.05) is 25.2 Å². The van der Waals surface area contributed by atoms with E-state index in [1.165, 1.54) is 43.4 Å². The lowest BCUT2D eigenvalue weighted by Gasteiger charge is -2.36. The summed E-state index contributed by atoms with van der Waals surface area (Å²) in [5, 5.41) is 3.58. The molecule has 3 heteroatoms. The summed E-state index contributed by atoms with van der Waals surface area (Å²) in [4.78, 5) is 2.52. The number of rotatable bonds is 6. The highest BCUT2D eigenvalue weighted by Crippen LogP contribution is 2.34. The van der Waals surface area contributed by atoms with E-state index < -0.39 is 0 Å². The molecule has 1 aliphatic heterocycles. The van der Waals surface area contributed by atoms with Crippen molar-refractivity contribution in [2.24, 2.45) is 0 Å². The second kappa shape index (κ2) is 6.69. The zero-order valence-electron chi connectivity index (χ0n) is 13.4. The van der Waals surface area contributed by atoms with Crippen molar-refractivity contribution in [2.45, 2.75) is 64.6 Å². The Morgan fingerprint density at radius 3 is 2.81 bits per heavy atom. The average Bonchev–Trinajstić information content (AvgIpc) is 3.31. The quantitative estimate of drug-likeness (QED) is 0.863. The van der Waals surface area contributed by atoms with E-state index in [0.717, 1.165) is 31.5 Å². The Kier molecular flexibility index (Phi) is 4.69. The van der Waals surface area contributed by atoms with Crippen molar-refractivity contribution in [1.29, 1.82) is 0 Å². The fourth-order valence-corrected chi connectivity index (χ4v) is 3.18. The molecule has 116 valence electrons. The van der Waals surface area contributed by atoms with Crippen LogP contribution in [0.25, 0.3) is 0 Å². The standard InChI is InChI=1S/C18H28N2O/c1-3-21-18-12-15(13-19-16-8-9-16)7-10-17(18)20-11-5-4-6-14(20)2/h7,10,12,14,16,19H,3-6,8-9,11,13H2,1-2H3. The number of benzene rings is 1. The molecule has 1 N–H and O–H groups in total. The number of anilines is 1. The molecular weight excluding hydrogens is 260 g/mol. The third-order valence-corrected chi connectivity index (χ3v) is 4.61. The summed E-state index contributed by atoms with van der Waals surface area (Å²) >= 11 is 0. The van der Waals surface area contributed by atoms with E-state index in [0.29, 0.717) is 6.04 Å². The lowest BCUT2D eigenvalue weighted by atomic mass is 10.0. The van der Waals surface area contributed by atoms with Crippen molar-refractivity contribution in [2.75, 3.05) is 18.1 Å². The maximum atomic E-state index is 5.93. The van der Waals surface area contributed by atoms with Gasteiger partial charge in [0.1, 0.15) is 5.75 Å². The highest BCUT2D eigenvalue weighted by atomic mass is 16.5. The molecule has 0 aromatic heterocycles. The zero-order chi connectivity index (χ0) is 14.7. The minimum atomic E-state index is 0.619. The highest BCUT2D eigenvalue weighted by Gasteiger charge is 2.23. The summed E-state index contributed by atoms with van der Waals surface area (Å²) in [6, 6.07) is 8.12. The van der Waals surface area contributed by atoms with Crippen molar-refractivity contribution >= 4 is 5.69 Å². The van der Waals surface area contributed by atoms with E-state index >= 15 is 0 Å². The lowest BCUT2D eigenvalue weighted by Crippen LogP contribution is -2.37. The number of nitrogens with one attached hydrogen (secondary N) is 1. The SMILES string of the molecule is CCOc1cc(CNC2CC2)ccc1N1CCCCC1C. The lowest BCUT2D eigenvalue weighted by molar-refractivity contribution is 0.337. The second-order valence-electron chi connectivity index (χ2n) is 6.43. The normalized spacial score (nSPS) is 22.4. The van der Waals surface area contributed by atoms with Gasteiger partial charge < -0.3 is 15.0 Å². The predicted octanol–water partition coefficient (Wildman–Crippen LogP) is 3.72. The topological polar surface area (TPSA) is 24.5 Å². The first kappa shape index (κ1) is 14.7. The van der Waals surface area contributed by atoms with Gasteiger partial charge in [-0.1, -0.05) is 6.07 Å². The molecule has 1 aromatic carbocycles. The summed E-state index contributed by atoms with van der Waals surface area (Å²) in [7, 11) is 0. The molecule has 1 unspecified atom stereocenters. The van der Waals surface area contributed by atoms with Crippen LogP contribution in [-0.4, -0.2) is 25.2 Å². The molecule has 3 nitrogen and oxygen atoms in total. The third kappa shape index (κ3) is 3.70. The molecule has 1 saturated carbocycles. The first-order valence-electron chi connectivity index (χ1n) is 8.53. The smallest absolute Gasteiger partial charge is 0.142 e. The van der Waals surface area contributed by atoms with Gasteiger partial charge in [0.15, 0.2) is 0 Å². The molecule has 0 bridgehead atoms. The minimum absolute atomic E-state index is 0.619. The summed E-state index contributed by atoms with van der Waals surface area (Å²) in [5.41, 5.74) is 2.61. The Balaban J connectivity index is 1.77. The molecule has 3 rings (SSSR count). The number of nitrogens with zero attached hydrogens (tertiary/aromatic N) is 1. The van der Waals surface area contributed by atoms with Crippen molar-refractivity contribution in [1.82, 2.24) is 5.32 Å². The van der Waals surface area contributed by atoms with Crippen LogP contribution in [0.4, 0.5) is 5.69 Å². The van der Waals surface area contributed by atoms with Crippen molar-refractivity contribution in [3.63, 3.8) is 0 Å². The van der Waals surface area contributed by atoms with Gasteiger partial charge in [-0.15, -0.1) is 0 Å². The van der Waals surface area contributed by atoms with Gasteiger partial charge in [-0.2, -0.15) is 0 Å². The Hall–Kier alpha value is -1.22. The van der Waals surface area contributed by atoms with Crippen molar-refractivity contribution in [3.05, 3.63) is 23.8 Å². The molecule has 2 fully saturated rings. The largest absolute Gasteiger partial charge is 0.492 e. The van der Waals surface area contributed by atoms with Crippen LogP contribution < -0.4 is 15.0 Å². The average molecular weight is 288 g/mol. The number of hydrogen-bond donors (Lipinski definition) is 1. The molecule has 1 aliphatic carbocycles. The molecule has 1 atom stereocenters. The van der Waals surface area contributed by atoms with E-state index in [1.807, 2.05) is 0 Å². The van der Waals surface area contributed by atoms with Crippen LogP contribution >= 0.6 is 0 Å². The molecule has 0 spiro atoms. The number of hydrogen-bond acceptors (Lipinski definition) is 3. The van der Waals surface area contributed by atoms with E-state index in [9.17, 15) is 0 Å². The Morgan fingerprint density at radius 2 is 2.10 bits per heavy atom. The van der Waals surface area contributed by atoms with Crippen LogP contribution in [0, 0.1) is 0 Å². The van der Waals surface area contributed by atoms with Crippen LogP contribution in [0.3, 0.4) is 0 Å². The van der Waals surface area contributed by atoms with Gasteiger partial charge >= 0.3 is 0 Å². The van der Waals surface area contributed by atoms with Crippen LogP contribution in [0.1, 0.15) is 51.5 Å². The molecule has 1 saturated heterocycles. The first-order chi connectivity index (χ1) is 10.3. The minimum Gasteiger partial charge on any atom is -0.492 e. The zero-order valence-corrected chi connectivity index (χ0v) is 13.4. The summed E-state index contributed by atoms with van der Waals surface area (Å²) in [5.74, 6) is 1.06. The third-order valence-electron chi connectivity index (χ3n) is 4.61. The van der Waals surface area contributed by atoms with Gasteiger partial charge in [-0.25, -0.2) is 0 Å². The van der Waals surface area contributed by atoms with E-state index in [4.69, 9.17) is 4.74 Å². The summed E-state index contributed by atoms with van der Waals surface area (Å²) < 4.78 is 5.93. The fraction of sp³-hybridized carbons (Fsp3) is 0.667. The fourth-order valence-electron chi connectivity index (χ4n) is 3.18. The van der Waals surface area contributed by atoms with Gasteiger partial charge in [0.05, 0.1) is 12.3 Å². The Bertz CT molecular complexity index is 470. The predicted molar refractivity (Wildman–Crippen MR) is 88.1 cm³/mol.